The molecule has 1 N–H and O–H groups in total. The van der Waals surface area contributed by atoms with Crippen LogP contribution in [0.2, 0.25) is 0 Å². The summed E-state index contributed by atoms with van der Waals surface area (Å²) in [6, 6.07) is 0. The van der Waals surface area contributed by atoms with Gasteiger partial charge >= 0.3 is 5.97 Å². The van der Waals surface area contributed by atoms with Crippen molar-refractivity contribution in [2.75, 3.05) is 27.4 Å². The second kappa shape index (κ2) is 6.23. The fourth-order valence-electron chi connectivity index (χ4n) is 1.06. The third kappa shape index (κ3) is 5.90. The van der Waals surface area contributed by atoms with Crippen molar-refractivity contribution in [2.45, 2.75) is 17.6 Å². The lowest BCUT2D eigenvalue weighted by Crippen LogP contribution is -2.33. The Bertz CT molecular complexity index is 154. The topological polar surface area (TPSA) is 55.8 Å². The summed E-state index contributed by atoms with van der Waals surface area (Å²) in [6.07, 6.45) is 0.517. The van der Waals surface area contributed by atoms with Gasteiger partial charge in [0.1, 0.15) is 0 Å². The second-order valence-corrected chi connectivity index (χ2v) is 3.93. The van der Waals surface area contributed by atoms with Crippen molar-refractivity contribution in [3.05, 3.63) is 0 Å². The molecular weight excluding hydrogens is 192 g/mol. The summed E-state index contributed by atoms with van der Waals surface area (Å²) < 4.78 is 9.39. The number of carbonyl (C=O) groups is 1. The average molecular weight is 208 g/mol. The maximum Gasteiger partial charge on any atom is 0.303 e. The molecule has 0 aliphatic rings. The van der Waals surface area contributed by atoms with Gasteiger partial charge < -0.3 is 14.6 Å². The predicted octanol–water partition coefficient (Wildman–Crippen LogP) is 0.813. The number of methoxy groups -OCH3 is 2. The molecule has 0 heterocycles. The third-order valence-corrected chi connectivity index (χ3v) is 2.11. The summed E-state index contributed by atoms with van der Waals surface area (Å²) in [5.74, 6) is -0.828. The summed E-state index contributed by atoms with van der Waals surface area (Å²) in [6.45, 7) is 0.772. The van der Waals surface area contributed by atoms with Gasteiger partial charge in [-0.25, -0.2) is 0 Å². The lowest BCUT2D eigenvalue weighted by molar-refractivity contribution is -0.137. The van der Waals surface area contributed by atoms with Crippen LogP contribution in [0.15, 0.2) is 0 Å². The molecule has 0 aliphatic carbocycles. The number of aliphatic carboxylic acids is 1. The van der Waals surface area contributed by atoms with Gasteiger partial charge in [0.25, 0.3) is 0 Å². The van der Waals surface area contributed by atoms with Crippen molar-refractivity contribution in [2.24, 2.45) is 0 Å². The van der Waals surface area contributed by atoms with Gasteiger partial charge in [0, 0.05) is 20.6 Å². The van der Waals surface area contributed by atoms with Gasteiger partial charge in [0.2, 0.25) is 0 Å². The van der Waals surface area contributed by atoms with E-state index in [2.05, 4.69) is 12.6 Å². The smallest absolute Gasteiger partial charge is 0.303 e. The van der Waals surface area contributed by atoms with Crippen LogP contribution in [0.1, 0.15) is 12.8 Å². The molecule has 0 aromatic carbocycles. The van der Waals surface area contributed by atoms with Crippen LogP contribution in [-0.2, 0) is 14.3 Å². The van der Waals surface area contributed by atoms with Gasteiger partial charge in [0.15, 0.2) is 0 Å². The molecule has 0 aliphatic heterocycles. The minimum atomic E-state index is -0.828. The number of carboxylic acid groups (broad SMARTS) is 1. The Hall–Kier alpha value is -0.260. The predicted molar refractivity (Wildman–Crippen MR) is 52.3 cm³/mol. The molecule has 0 fully saturated rings. The molecule has 4 nitrogen and oxygen atoms in total. The minimum Gasteiger partial charge on any atom is -0.481 e. The van der Waals surface area contributed by atoms with Crippen molar-refractivity contribution in [1.82, 2.24) is 0 Å². The fraction of sp³-hybridized carbons (Fsp3) is 0.875. The van der Waals surface area contributed by atoms with E-state index in [1.54, 1.807) is 14.2 Å². The van der Waals surface area contributed by atoms with Crippen LogP contribution in [0, 0.1) is 0 Å². The molecule has 0 saturated heterocycles. The Morgan fingerprint density at radius 1 is 1.38 bits per heavy atom. The van der Waals surface area contributed by atoms with E-state index < -0.39 is 10.7 Å². The fourth-order valence-corrected chi connectivity index (χ4v) is 1.43. The summed E-state index contributed by atoms with van der Waals surface area (Å²) in [5, 5.41) is 8.50. The molecule has 0 spiro atoms. The van der Waals surface area contributed by atoms with Crippen molar-refractivity contribution in [3.63, 3.8) is 0 Å². The van der Waals surface area contributed by atoms with Crippen LogP contribution in [-0.4, -0.2) is 43.3 Å². The zero-order chi connectivity index (χ0) is 10.3. The van der Waals surface area contributed by atoms with Crippen molar-refractivity contribution < 1.29 is 19.4 Å². The lowest BCUT2D eigenvalue weighted by Gasteiger charge is -2.25. The van der Waals surface area contributed by atoms with Crippen molar-refractivity contribution in [3.8, 4) is 0 Å². The highest BCUT2D eigenvalue weighted by Crippen LogP contribution is 2.21. The molecule has 0 saturated carbocycles. The molecule has 0 aromatic rings. The molecule has 0 atom stereocenters. The van der Waals surface area contributed by atoms with Crippen LogP contribution < -0.4 is 0 Å². The first-order valence-corrected chi connectivity index (χ1v) is 4.41. The molecule has 0 radical (unpaired) electrons. The van der Waals surface area contributed by atoms with Gasteiger partial charge in [0.05, 0.1) is 18.0 Å². The zero-order valence-electron chi connectivity index (χ0n) is 7.95. The summed E-state index contributed by atoms with van der Waals surface area (Å²) >= 11 is 4.34. The molecule has 0 bridgehead atoms. The largest absolute Gasteiger partial charge is 0.481 e. The van der Waals surface area contributed by atoms with E-state index in [9.17, 15) is 4.79 Å². The standard InChI is InChI=1S/C8H16O4S/c1-11-5-8(13,6-12-2)4-3-7(9)10/h13H,3-6H2,1-2H3,(H,9,10). The molecule has 0 rings (SSSR count). The molecule has 0 amide bonds. The van der Waals surface area contributed by atoms with Gasteiger partial charge in [-0.15, -0.1) is 0 Å². The SMILES string of the molecule is COCC(S)(CCC(=O)O)COC. The number of hydrogen-bond donors (Lipinski definition) is 2. The number of hydrogen-bond acceptors (Lipinski definition) is 4. The first-order chi connectivity index (χ1) is 6.04. The monoisotopic (exact) mass is 208 g/mol. The summed E-state index contributed by atoms with van der Waals surface area (Å²) in [7, 11) is 3.11. The van der Waals surface area contributed by atoms with Crippen LogP contribution in [0.3, 0.4) is 0 Å². The van der Waals surface area contributed by atoms with Gasteiger partial charge in [-0.2, -0.15) is 12.6 Å². The van der Waals surface area contributed by atoms with Crippen molar-refractivity contribution >= 4 is 18.6 Å². The molecule has 78 valence electrons. The third-order valence-electron chi connectivity index (χ3n) is 1.63. The molecule has 0 unspecified atom stereocenters. The quantitative estimate of drug-likeness (QED) is 0.608. The number of rotatable bonds is 7. The Balaban J connectivity index is 3.98. The Morgan fingerprint density at radius 2 is 1.85 bits per heavy atom. The van der Waals surface area contributed by atoms with Gasteiger partial charge in [-0.1, -0.05) is 0 Å². The number of thiol groups is 1. The Kier molecular flexibility index (Phi) is 6.11. The van der Waals surface area contributed by atoms with Gasteiger partial charge in [-0.05, 0) is 6.42 Å². The average Bonchev–Trinajstić information content (AvgIpc) is 2.02. The highest BCUT2D eigenvalue weighted by atomic mass is 32.1. The number of ether oxygens (including phenoxy) is 2. The Morgan fingerprint density at radius 3 is 2.15 bits per heavy atom. The van der Waals surface area contributed by atoms with E-state index in [1.165, 1.54) is 0 Å². The van der Waals surface area contributed by atoms with Crippen LogP contribution in [0.25, 0.3) is 0 Å². The van der Waals surface area contributed by atoms with E-state index >= 15 is 0 Å². The van der Waals surface area contributed by atoms with Crippen LogP contribution >= 0.6 is 12.6 Å². The van der Waals surface area contributed by atoms with Crippen molar-refractivity contribution in [1.29, 1.82) is 0 Å². The second-order valence-electron chi connectivity index (χ2n) is 2.98. The molecule has 13 heavy (non-hydrogen) atoms. The minimum absolute atomic E-state index is 0.0796. The summed E-state index contributed by atoms with van der Waals surface area (Å²) in [5.41, 5.74) is 0. The van der Waals surface area contributed by atoms with Crippen LogP contribution in [0.4, 0.5) is 0 Å². The van der Waals surface area contributed by atoms with Gasteiger partial charge in [-0.3, -0.25) is 4.79 Å². The maximum absolute atomic E-state index is 10.3. The maximum atomic E-state index is 10.3. The Labute approximate surface area is 83.6 Å². The zero-order valence-corrected chi connectivity index (χ0v) is 8.84. The molecular formula is C8H16O4S. The van der Waals surface area contributed by atoms with E-state index in [-0.39, 0.29) is 6.42 Å². The molecule has 0 aromatic heterocycles. The van der Waals surface area contributed by atoms with E-state index in [0.29, 0.717) is 19.6 Å². The highest BCUT2D eigenvalue weighted by molar-refractivity contribution is 7.81. The summed E-state index contributed by atoms with van der Waals surface area (Å²) in [4.78, 5) is 10.3. The molecule has 5 heteroatoms. The highest BCUT2D eigenvalue weighted by Gasteiger charge is 2.26. The number of carboxylic acids is 1. The first-order valence-electron chi connectivity index (χ1n) is 3.96. The van der Waals surface area contributed by atoms with E-state index in [4.69, 9.17) is 14.6 Å². The normalized spacial score (nSPS) is 11.6. The first kappa shape index (κ1) is 12.7. The van der Waals surface area contributed by atoms with Crippen LogP contribution in [0.5, 0.6) is 0 Å². The van der Waals surface area contributed by atoms with E-state index in [1.807, 2.05) is 0 Å². The van der Waals surface area contributed by atoms with E-state index in [0.717, 1.165) is 0 Å². The lowest BCUT2D eigenvalue weighted by atomic mass is 10.0.